The molecule has 0 heterocycles. The number of halogens is 1. The standard InChI is InChI=1S/C21H27N3O3.ClH/c1-14(2)27-20-10-15(3)9-18(11-20)21(13-26-16(4)25)24-19-7-5-17(6-8-19)12-23-22;/h5-12,14,21,24H,13,22H2,1-4H3;1H. The van der Waals surface area contributed by atoms with Crippen LogP contribution in [0.3, 0.4) is 0 Å². The average molecular weight is 406 g/mol. The summed E-state index contributed by atoms with van der Waals surface area (Å²) in [7, 11) is 0. The zero-order valence-electron chi connectivity index (χ0n) is 16.6. The van der Waals surface area contributed by atoms with Crippen molar-refractivity contribution >= 4 is 30.3 Å². The molecule has 7 heteroatoms. The normalized spacial score (nSPS) is 11.8. The van der Waals surface area contributed by atoms with Crippen LogP contribution in [-0.2, 0) is 9.53 Å². The van der Waals surface area contributed by atoms with Crippen LogP contribution in [0.15, 0.2) is 47.6 Å². The predicted octanol–water partition coefficient (Wildman–Crippen LogP) is 4.21. The summed E-state index contributed by atoms with van der Waals surface area (Å²) < 4.78 is 11.1. The van der Waals surface area contributed by atoms with E-state index in [1.165, 1.54) is 6.92 Å². The second kappa shape index (κ2) is 11.2. The molecule has 2 aromatic carbocycles. The third kappa shape index (κ3) is 7.48. The van der Waals surface area contributed by atoms with Crippen LogP contribution in [0.5, 0.6) is 5.75 Å². The molecule has 2 aromatic rings. The molecule has 0 fully saturated rings. The fourth-order valence-electron chi connectivity index (χ4n) is 2.69. The molecule has 1 unspecified atom stereocenters. The number of carbonyl (C=O) groups is 1. The van der Waals surface area contributed by atoms with Crippen LogP contribution in [0.25, 0.3) is 0 Å². The molecule has 28 heavy (non-hydrogen) atoms. The number of hydrogen-bond acceptors (Lipinski definition) is 6. The topological polar surface area (TPSA) is 85.9 Å². The van der Waals surface area contributed by atoms with Gasteiger partial charge in [-0.25, -0.2) is 0 Å². The molecule has 0 saturated carbocycles. The summed E-state index contributed by atoms with van der Waals surface area (Å²) in [6.45, 7) is 7.61. The minimum absolute atomic E-state index is 0. The van der Waals surface area contributed by atoms with Crippen molar-refractivity contribution in [2.45, 2.75) is 39.8 Å². The highest BCUT2D eigenvalue weighted by molar-refractivity contribution is 5.85. The first-order valence-electron chi connectivity index (χ1n) is 8.89. The number of benzene rings is 2. The third-order valence-corrected chi connectivity index (χ3v) is 3.78. The van der Waals surface area contributed by atoms with E-state index in [1.807, 2.05) is 57.2 Å². The van der Waals surface area contributed by atoms with Crippen molar-refractivity contribution in [2.75, 3.05) is 11.9 Å². The van der Waals surface area contributed by atoms with Crippen LogP contribution >= 0.6 is 12.4 Å². The van der Waals surface area contributed by atoms with Crippen LogP contribution in [0, 0.1) is 6.92 Å². The maximum atomic E-state index is 11.3. The third-order valence-electron chi connectivity index (χ3n) is 3.78. The monoisotopic (exact) mass is 405 g/mol. The Balaban J connectivity index is 0.00000392. The Morgan fingerprint density at radius 1 is 1.21 bits per heavy atom. The summed E-state index contributed by atoms with van der Waals surface area (Å²) in [5.74, 6) is 5.66. The number of nitrogens with zero attached hydrogens (tertiary/aromatic N) is 1. The molecule has 0 aliphatic rings. The first-order valence-corrected chi connectivity index (χ1v) is 8.89. The summed E-state index contributed by atoms with van der Waals surface area (Å²) >= 11 is 0. The summed E-state index contributed by atoms with van der Waals surface area (Å²) in [6, 6.07) is 13.5. The van der Waals surface area contributed by atoms with Crippen molar-refractivity contribution in [3.63, 3.8) is 0 Å². The van der Waals surface area contributed by atoms with Gasteiger partial charge in [0.2, 0.25) is 0 Å². The van der Waals surface area contributed by atoms with Crippen LogP contribution in [0.4, 0.5) is 5.69 Å². The highest BCUT2D eigenvalue weighted by atomic mass is 35.5. The van der Waals surface area contributed by atoms with Crippen LogP contribution < -0.4 is 15.9 Å². The molecule has 0 saturated heterocycles. The number of nitrogens with one attached hydrogen (secondary N) is 1. The van der Waals surface area contributed by atoms with Gasteiger partial charge in [-0.3, -0.25) is 4.79 Å². The Labute approximate surface area is 172 Å². The molecule has 152 valence electrons. The quantitative estimate of drug-likeness (QED) is 0.297. The Kier molecular flexibility index (Phi) is 9.32. The smallest absolute Gasteiger partial charge is 0.302 e. The predicted molar refractivity (Wildman–Crippen MR) is 115 cm³/mol. The van der Waals surface area contributed by atoms with E-state index < -0.39 is 0 Å². The second-order valence-electron chi connectivity index (χ2n) is 6.65. The number of aryl methyl sites for hydroxylation is 1. The zero-order valence-corrected chi connectivity index (χ0v) is 17.5. The molecule has 2 rings (SSSR count). The maximum absolute atomic E-state index is 11.3. The fourth-order valence-corrected chi connectivity index (χ4v) is 2.69. The van der Waals surface area contributed by atoms with Crippen molar-refractivity contribution in [1.82, 2.24) is 0 Å². The SMILES string of the molecule is CC(=O)OCC(Nc1ccc(C=NN)cc1)c1cc(C)cc(OC(C)C)c1.Cl. The first-order chi connectivity index (χ1) is 12.9. The van der Waals surface area contributed by atoms with Gasteiger partial charge in [0.15, 0.2) is 0 Å². The number of rotatable bonds is 8. The zero-order chi connectivity index (χ0) is 19.8. The summed E-state index contributed by atoms with van der Waals surface area (Å²) in [6.07, 6.45) is 1.66. The van der Waals surface area contributed by atoms with Crippen LogP contribution in [-0.4, -0.2) is 24.9 Å². The first kappa shape index (κ1) is 23.3. The molecule has 0 bridgehead atoms. The highest BCUT2D eigenvalue weighted by Crippen LogP contribution is 2.26. The van der Waals surface area contributed by atoms with Crippen LogP contribution in [0.1, 0.15) is 43.5 Å². The number of anilines is 1. The molecule has 1 atom stereocenters. The molecule has 0 spiro atoms. The lowest BCUT2D eigenvalue weighted by atomic mass is 10.0. The van der Waals surface area contributed by atoms with E-state index in [2.05, 4.69) is 16.5 Å². The number of nitrogens with two attached hydrogens (primary N) is 1. The second-order valence-corrected chi connectivity index (χ2v) is 6.65. The maximum Gasteiger partial charge on any atom is 0.302 e. The van der Waals surface area contributed by atoms with Gasteiger partial charge in [-0.2, -0.15) is 5.10 Å². The molecular formula is C21H28ClN3O3. The van der Waals surface area contributed by atoms with Gasteiger partial charge in [0.25, 0.3) is 0 Å². The fraction of sp³-hybridized carbons (Fsp3) is 0.333. The van der Waals surface area contributed by atoms with E-state index in [4.69, 9.17) is 15.3 Å². The molecule has 0 aliphatic carbocycles. The molecule has 0 amide bonds. The van der Waals surface area contributed by atoms with E-state index in [0.717, 1.165) is 28.1 Å². The van der Waals surface area contributed by atoms with E-state index in [1.54, 1.807) is 6.21 Å². The minimum Gasteiger partial charge on any atom is -0.491 e. The van der Waals surface area contributed by atoms with Crippen LogP contribution in [0.2, 0.25) is 0 Å². The number of hydrazone groups is 1. The molecule has 0 aliphatic heterocycles. The number of carbonyl (C=O) groups excluding carboxylic acids is 1. The van der Waals surface area contributed by atoms with Gasteiger partial charge in [0, 0.05) is 12.6 Å². The number of esters is 1. The van der Waals surface area contributed by atoms with Gasteiger partial charge in [-0.1, -0.05) is 18.2 Å². The lowest BCUT2D eigenvalue weighted by molar-refractivity contribution is -0.141. The van der Waals surface area contributed by atoms with Crippen molar-refractivity contribution in [3.05, 3.63) is 59.2 Å². The van der Waals surface area contributed by atoms with Crippen molar-refractivity contribution in [3.8, 4) is 5.75 Å². The van der Waals surface area contributed by atoms with Gasteiger partial charge in [-0.15, -0.1) is 12.4 Å². The summed E-state index contributed by atoms with van der Waals surface area (Å²) in [5, 5.41) is 6.94. The summed E-state index contributed by atoms with van der Waals surface area (Å²) in [4.78, 5) is 11.3. The Morgan fingerprint density at radius 2 is 1.89 bits per heavy atom. The minimum atomic E-state index is -0.317. The van der Waals surface area contributed by atoms with Gasteiger partial charge >= 0.3 is 5.97 Å². The van der Waals surface area contributed by atoms with Gasteiger partial charge in [0.05, 0.1) is 18.4 Å². The molecule has 3 N–H and O–H groups in total. The number of ether oxygens (including phenoxy) is 2. The van der Waals surface area contributed by atoms with Gasteiger partial charge in [-0.05, 0) is 61.7 Å². The highest BCUT2D eigenvalue weighted by Gasteiger charge is 2.15. The van der Waals surface area contributed by atoms with E-state index in [-0.39, 0.29) is 37.1 Å². The number of hydrogen-bond donors (Lipinski definition) is 2. The average Bonchev–Trinajstić information content (AvgIpc) is 2.59. The van der Waals surface area contributed by atoms with E-state index >= 15 is 0 Å². The van der Waals surface area contributed by atoms with Crippen molar-refractivity contribution in [1.29, 1.82) is 0 Å². The largest absolute Gasteiger partial charge is 0.491 e. The molecule has 0 radical (unpaired) electrons. The lowest BCUT2D eigenvalue weighted by Crippen LogP contribution is -2.19. The molecular weight excluding hydrogens is 378 g/mol. The van der Waals surface area contributed by atoms with Gasteiger partial charge in [0.1, 0.15) is 12.4 Å². The molecule has 6 nitrogen and oxygen atoms in total. The van der Waals surface area contributed by atoms with Crippen molar-refractivity contribution in [2.24, 2.45) is 10.9 Å². The summed E-state index contributed by atoms with van der Waals surface area (Å²) in [5.41, 5.74) is 3.86. The van der Waals surface area contributed by atoms with Gasteiger partial charge < -0.3 is 20.6 Å². The molecule has 0 aromatic heterocycles. The Morgan fingerprint density at radius 3 is 2.46 bits per heavy atom. The van der Waals surface area contributed by atoms with E-state index in [0.29, 0.717) is 0 Å². The van der Waals surface area contributed by atoms with Crippen molar-refractivity contribution < 1.29 is 14.3 Å². The van der Waals surface area contributed by atoms with E-state index in [9.17, 15) is 4.79 Å². The Hall–Kier alpha value is -2.73. The Bertz CT molecular complexity index is 792. The lowest BCUT2D eigenvalue weighted by Gasteiger charge is -2.22.